The first-order chi connectivity index (χ1) is 14.1. The summed E-state index contributed by atoms with van der Waals surface area (Å²) in [7, 11) is 0. The van der Waals surface area contributed by atoms with Crippen LogP contribution in [0, 0.1) is 11.8 Å². The highest BCUT2D eigenvalue weighted by Crippen LogP contribution is 2.39. The largest absolute Gasteiger partial charge is 0.483 e. The number of nitrogens with zero attached hydrogens (tertiary/aromatic N) is 2. The van der Waals surface area contributed by atoms with E-state index in [0.717, 1.165) is 44.4 Å². The van der Waals surface area contributed by atoms with Gasteiger partial charge in [0, 0.05) is 24.5 Å². The Kier molecular flexibility index (Phi) is 5.87. The maximum Gasteiger partial charge on any atom is 0.290 e. The van der Waals surface area contributed by atoms with Crippen LogP contribution in [-0.2, 0) is 4.79 Å². The van der Waals surface area contributed by atoms with Crippen molar-refractivity contribution >= 4 is 23.3 Å². The number of aliphatic hydroxyl groups is 1. The van der Waals surface area contributed by atoms with Crippen LogP contribution in [0.15, 0.2) is 34.9 Å². The van der Waals surface area contributed by atoms with E-state index in [9.17, 15) is 9.90 Å². The molecular weight excluding hydrogens is 372 g/mol. The summed E-state index contributed by atoms with van der Waals surface area (Å²) in [5, 5.41) is 18.5. The van der Waals surface area contributed by atoms with Gasteiger partial charge in [0.05, 0.1) is 17.9 Å². The Morgan fingerprint density at radius 1 is 1.10 bits per heavy atom. The molecule has 1 amide bonds. The number of benzene rings is 1. The number of amides is 1. The molecule has 7 nitrogen and oxygen atoms in total. The summed E-state index contributed by atoms with van der Waals surface area (Å²) in [6, 6.07) is 7.92. The van der Waals surface area contributed by atoms with Crippen molar-refractivity contribution in [3.8, 4) is 0 Å². The van der Waals surface area contributed by atoms with Crippen molar-refractivity contribution in [2.24, 2.45) is 11.8 Å². The fourth-order valence-electron chi connectivity index (χ4n) is 5.37. The van der Waals surface area contributed by atoms with Crippen LogP contribution >= 0.6 is 0 Å². The molecule has 3 aliphatic rings. The summed E-state index contributed by atoms with van der Waals surface area (Å²) in [5.41, 5.74) is 1.34. The number of rotatable bonds is 2. The number of hydrogen-bond acceptors (Lipinski definition) is 5. The van der Waals surface area contributed by atoms with Crippen molar-refractivity contribution in [2.45, 2.75) is 37.8 Å². The lowest BCUT2D eigenvalue weighted by molar-refractivity contribution is -0.122. The second kappa shape index (κ2) is 8.55. The summed E-state index contributed by atoms with van der Waals surface area (Å²) < 4.78 is 5.56. The Balaban J connectivity index is 0.000000645. The third-order valence-corrected chi connectivity index (χ3v) is 6.72. The van der Waals surface area contributed by atoms with Gasteiger partial charge in [-0.05, 0) is 62.7 Å². The average molecular weight is 400 g/mol. The molecule has 2 aliphatic heterocycles. The van der Waals surface area contributed by atoms with Crippen LogP contribution in [-0.4, -0.2) is 70.7 Å². The number of carboxylic acid groups (broad SMARTS) is 1. The van der Waals surface area contributed by atoms with Crippen molar-refractivity contribution in [1.82, 2.24) is 9.80 Å². The minimum atomic E-state index is -0.252. The highest BCUT2D eigenvalue weighted by molar-refractivity contribution is 6.04. The van der Waals surface area contributed by atoms with Crippen LogP contribution < -0.4 is 0 Å². The summed E-state index contributed by atoms with van der Waals surface area (Å²) in [6.07, 6.45) is 5.71. The van der Waals surface area contributed by atoms with Gasteiger partial charge in [0.1, 0.15) is 5.58 Å². The molecule has 1 saturated carbocycles. The van der Waals surface area contributed by atoms with Crippen LogP contribution in [0.1, 0.15) is 36.0 Å². The molecule has 156 valence electrons. The Hall–Kier alpha value is -2.38. The standard InChI is InChI=1S/C21H26N2O3.CH2O2/c24-19-11-16-13-23(12-15(16)10-18(19)22-7-1-2-8-22)21(25)17-5-3-4-14-6-9-26-20(14)17;2-1-3/h3-6,9,15-16,18-19,24H,1-2,7-8,10-13H2;1H,(H,2,3)/t15-,16+,18-,19-;/m1./s1. The summed E-state index contributed by atoms with van der Waals surface area (Å²) in [6.45, 7) is 3.53. The second-order valence-electron chi connectivity index (χ2n) is 8.33. The normalized spacial score (nSPS) is 29.3. The molecule has 29 heavy (non-hydrogen) atoms. The van der Waals surface area contributed by atoms with E-state index >= 15 is 0 Å². The number of para-hydroxylation sites is 1. The van der Waals surface area contributed by atoms with E-state index in [-0.39, 0.29) is 24.5 Å². The minimum Gasteiger partial charge on any atom is -0.483 e. The zero-order valence-corrected chi connectivity index (χ0v) is 16.4. The third kappa shape index (κ3) is 3.89. The lowest BCUT2D eigenvalue weighted by atomic mass is 9.77. The predicted octanol–water partition coefficient (Wildman–Crippen LogP) is 2.44. The highest BCUT2D eigenvalue weighted by Gasteiger charge is 2.45. The molecule has 1 aromatic heterocycles. The zero-order valence-electron chi connectivity index (χ0n) is 16.4. The van der Waals surface area contributed by atoms with E-state index in [4.69, 9.17) is 14.3 Å². The quantitative estimate of drug-likeness (QED) is 0.752. The molecule has 0 spiro atoms. The van der Waals surface area contributed by atoms with Gasteiger partial charge in [0.25, 0.3) is 12.4 Å². The van der Waals surface area contributed by atoms with Gasteiger partial charge in [-0.2, -0.15) is 0 Å². The van der Waals surface area contributed by atoms with Crippen LogP contribution in [0.3, 0.4) is 0 Å². The molecule has 0 bridgehead atoms. The number of carbonyl (C=O) groups excluding carboxylic acids is 1. The molecular formula is C22H28N2O5. The molecule has 2 aromatic rings. The minimum absolute atomic E-state index is 0.0622. The average Bonchev–Trinajstić information content (AvgIpc) is 3.46. The number of carbonyl (C=O) groups is 2. The molecule has 3 heterocycles. The summed E-state index contributed by atoms with van der Waals surface area (Å²) in [4.78, 5) is 25.9. The molecule has 5 rings (SSSR count). The molecule has 2 saturated heterocycles. The highest BCUT2D eigenvalue weighted by atomic mass is 16.3. The first kappa shape index (κ1) is 19.9. The number of likely N-dealkylation sites (tertiary alicyclic amines) is 2. The Morgan fingerprint density at radius 3 is 2.52 bits per heavy atom. The topological polar surface area (TPSA) is 94.2 Å². The number of aliphatic hydroxyl groups excluding tert-OH is 1. The van der Waals surface area contributed by atoms with Crippen molar-refractivity contribution in [3.05, 3.63) is 36.1 Å². The SMILES string of the molecule is O=C(c1cccc2ccoc12)N1C[C@H]2C[C@@H](N3CCCC3)[C@H](O)C[C@H]2C1.O=CO. The van der Waals surface area contributed by atoms with Gasteiger partial charge >= 0.3 is 0 Å². The molecule has 1 aliphatic carbocycles. The van der Waals surface area contributed by atoms with Gasteiger partial charge in [-0.25, -0.2) is 0 Å². The van der Waals surface area contributed by atoms with E-state index in [1.165, 1.54) is 12.8 Å². The van der Waals surface area contributed by atoms with Gasteiger partial charge in [0.15, 0.2) is 0 Å². The monoisotopic (exact) mass is 400 g/mol. The van der Waals surface area contributed by atoms with Gasteiger partial charge in [0.2, 0.25) is 0 Å². The van der Waals surface area contributed by atoms with Crippen LogP contribution in [0.4, 0.5) is 0 Å². The Morgan fingerprint density at radius 2 is 1.79 bits per heavy atom. The second-order valence-corrected chi connectivity index (χ2v) is 8.33. The van der Waals surface area contributed by atoms with Crippen molar-refractivity contribution in [1.29, 1.82) is 0 Å². The first-order valence-corrected chi connectivity index (χ1v) is 10.4. The predicted molar refractivity (Wildman–Crippen MR) is 108 cm³/mol. The van der Waals surface area contributed by atoms with Gasteiger partial charge in [-0.15, -0.1) is 0 Å². The van der Waals surface area contributed by atoms with Crippen LogP contribution in [0.25, 0.3) is 11.0 Å². The van der Waals surface area contributed by atoms with Crippen LogP contribution in [0.5, 0.6) is 0 Å². The zero-order chi connectivity index (χ0) is 20.4. The van der Waals surface area contributed by atoms with Crippen molar-refractivity contribution in [3.63, 3.8) is 0 Å². The summed E-state index contributed by atoms with van der Waals surface area (Å²) >= 11 is 0. The molecule has 0 unspecified atom stereocenters. The molecule has 2 N–H and O–H groups in total. The molecule has 4 atom stereocenters. The van der Waals surface area contributed by atoms with Crippen LogP contribution in [0.2, 0.25) is 0 Å². The first-order valence-electron chi connectivity index (χ1n) is 10.4. The smallest absolute Gasteiger partial charge is 0.290 e. The Labute approximate surface area is 169 Å². The van der Waals surface area contributed by atoms with Crippen molar-refractivity contribution < 1.29 is 24.2 Å². The number of fused-ring (bicyclic) bond motifs is 2. The van der Waals surface area contributed by atoms with E-state index in [0.29, 0.717) is 23.0 Å². The number of hydrogen-bond donors (Lipinski definition) is 2. The van der Waals surface area contributed by atoms with Crippen molar-refractivity contribution in [2.75, 3.05) is 26.2 Å². The van der Waals surface area contributed by atoms with E-state index in [1.807, 2.05) is 29.2 Å². The molecule has 3 fully saturated rings. The fourth-order valence-corrected chi connectivity index (χ4v) is 5.37. The number of furan rings is 1. The van der Waals surface area contributed by atoms with E-state index in [1.54, 1.807) is 6.26 Å². The molecule has 1 aromatic carbocycles. The maximum atomic E-state index is 13.1. The Bertz CT molecular complexity index is 860. The lowest BCUT2D eigenvalue weighted by Gasteiger charge is -2.40. The third-order valence-electron chi connectivity index (χ3n) is 6.72. The summed E-state index contributed by atoms with van der Waals surface area (Å²) in [5.74, 6) is 0.986. The fraction of sp³-hybridized carbons (Fsp3) is 0.545. The maximum absolute atomic E-state index is 13.1. The van der Waals surface area contributed by atoms with E-state index in [2.05, 4.69) is 4.90 Å². The molecule has 0 radical (unpaired) electrons. The van der Waals surface area contributed by atoms with Gasteiger partial charge < -0.3 is 19.5 Å². The van der Waals surface area contributed by atoms with E-state index < -0.39 is 0 Å². The van der Waals surface area contributed by atoms with Gasteiger partial charge in [-0.3, -0.25) is 14.5 Å². The van der Waals surface area contributed by atoms with Gasteiger partial charge in [-0.1, -0.05) is 12.1 Å². The molecule has 7 heteroatoms. The lowest BCUT2D eigenvalue weighted by Crippen LogP contribution is -2.48.